The molecule has 0 radical (unpaired) electrons. The predicted molar refractivity (Wildman–Crippen MR) is 129 cm³/mol. The van der Waals surface area contributed by atoms with Gasteiger partial charge in [0.05, 0.1) is 0 Å². The van der Waals surface area contributed by atoms with Gasteiger partial charge in [-0.15, -0.1) is 11.8 Å². The zero-order valence-corrected chi connectivity index (χ0v) is 20.9. The Kier molecular flexibility index (Phi) is 10.4. The second kappa shape index (κ2) is 12.3. The molecule has 0 aliphatic carbocycles. The van der Waals surface area contributed by atoms with Crippen molar-refractivity contribution in [2.75, 3.05) is 5.75 Å². The number of ketones is 1. The Morgan fingerprint density at radius 2 is 1.63 bits per heavy atom. The van der Waals surface area contributed by atoms with Crippen LogP contribution in [-0.4, -0.2) is 11.5 Å². The molecule has 0 fully saturated rings. The van der Waals surface area contributed by atoms with Crippen LogP contribution in [0.3, 0.4) is 0 Å². The summed E-state index contributed by atoms with van der Waals surface area (Å²) < 4.78 is 2.52. The summed E-state index contributed by atoms with van der Waals surface area (Å²) in [6, 6.07) is 12.1. The Morgan fingerprint density at radius 1 is 0.926 bits per heavy atom. The molecular weight excluding hydrogens is 552 g/mol. The smallest absolute Gasteiger partial charge is 0.187 e. The van der Waals surface area contributed by atoms with Gasteiger partial charge in [-0.1, -0.05) is 50.8 Å². The minimum absolute atomic E-state index is 0.0272. The molecule has 0 spiro atoms. The van der Waals surface area contributed by atoms with Gasteiger partial charge < -0.3 is 0 Å². The van der Waals surface area contributed by atoms with E-state index in [4.69, 9.17) is 0 Å². The number of hydrogen-bond donors (Lipinski definition) is 0. The second-order valence-electron chi connectivity index (χ2n) is 6.25. The highest BCUT2D eigenvalue weighted by atomic mass is 79.9. The molecule has 0 aliphatic rings. The summed E-state index contributed by atoms with van der Waals surface area (Å²) in [5.74, 6) is 1.14. The fourth-order valence-electron chi connectivity index (χ4n) is 2.55. The second-order valence-corrected chi connectivity index (χ2v) is 9.86. The number of halogens is 3. The molecule has 0 amide bonds. The zero-order chi connectivity index (χ0) is 19.6. The molecule has 0 atom stereocenters. The number of thioether (sulfide) groups is 1. The number of hydrogen-bond acceptors (Lipinski definition) is 2. The van der Waals surface area contributed by atoms with Gasteiger partial charge in [0.25, 0.3) is 0 Å². The van der Waals surface area contributed by atoms with E-state index in [1.54, 1.807) is 6.08 Å². The Morgan fingerprint density at radius 3 is 2.33 bits per heavy atom. The molecular formula is C22H23Br3OS. The lowest BCUT2D eigenvalue weighted by Crippen LogP contribution is -1.96. The van der Waals surface area contributed by atoms with Crippen LogP contribution in [0.1, 0.15) is 54.9 Å². The van der Waals surface area contributed by atoms with Crippen LogP contribution in [0, 0.1) is 0 Å². The Labute approximate surface area is 191 Å². The minimum atomic E-state index is -0.0272. The molecule has 0 N–H and O–H groups in total. The summed E-state index contributed by atoms with van der Waals surface area (Å²) >= 11 is 12.3. The van der Waals surface area contributed by atoms with Gasteiger partial charge in [0.1, 0.15) is 0 Å². The maximum absolute atomic E-state index is 12.5. The molecule has 27 heavy (non-hydrogen) atoms. The number of unbranched alkanes of at least 4 members (excludes halogenated alkanes) is 4. The molecule has 1 nitrogen and oxygen atoms in total. The van der Waals surface area contributed by atoms with Gasteiger partial charge in [0.2, 0.25) is 0 Å². The summed E-state index contributed by atoms with van der Waals surface area (Å²) in [7, 11) is 0. The molecule has 2 aromatic carbocycles. The first kappa shape index (κ1) is 22.9. The largest absolute Gasteiger partial charge is 0.289 e. The van der Waals surface area contributed by atoms with Crippen molar-refractivity contribution in [1.29, 1.82) is 0 Å². The highest BCUT2D eigenvalue weighted by Crippen LogP contribution is 2.34. The number of carbonyl (C=O) groups excluding carboxylic acids is 1. The average molecular weight is 575 g/mol. The lowest BCUT2D eigenvalue weighted by Gasteiger charge is -2.05. The number of carbonyl (C=O) groups is 1. The van der Waals surface area contributed by atoms with Crippen molar-refractivity contribution in [2.45, 2.75) is 43.9 Å². The number of benzene rings is 2. The average Bonchev–Trinajstić information content (AvgIpc) is 2.68. The molecule has 0 saturated carbocycles. The zero-order valence-electron chi connectivity index (χ0n) is 15.3. The lowest BCUT2D eigenvalue weighted by molar-refractivity contribution is 0.104. The first-order valence-electron chi connectivity index (χ1n) is 9.11. The quantitative estimate of drug-likeness (QED) is 0.0926. The lowest BCUT2D eigenvalue weighted by atomic mass is 10.1. The van der Waals surface area contributed by atoms with Gasteiger partial charge in [-0.05, 0) is 95.9 Å². The van der Waals surface area contributed by atoms with Gasteiger partial charge in [-0.25, -0.2) is 0 Å². The Balaban J connectivity index is 1.88. The van der Waals surface area contributed by atoms with E-state index in [0.717, 1.165) is 19.0 Å². The molecule has 0 aromatic heterocycles. The Bertz CT molecular complexity index is 785. The SMILES string of the molecule is CCCCCCCSc1ccc(C=CC(=O)c2ccc(Br)c(Br)c2Br)cc1. The van der Waals surface area contributed by atoms with Gasteiger partial charge in [0.15, 0.2) is 5.78 Å². The summed E-state index contributed by atoms with van der Waals surface area (Å²) in [6.07, 6.45) is 10.1. The Hall–Kier alpha value is -0.360. The van der Waals surface area contributed by atoms with Crippen molar-refractivity contribution >= 4 is 71.4 Å². The summed E-state index contributed by atoms with van der Waals surface area (Å²) in [6.45, 7) is 2.25. The predicted octanol–water partition coefficient (Wildman–Crippen LogP) is 8.93. The van der Waals surface area contributed by atoms with Gasteiger partial charge >= 0.3 is 0 Å². The van der Waals surface area contributed by atoms with E-state index in [-0.39, 0.29) is 5.78 Å². The maximum atomic E-state index is 12.5. The third-order valence-corrected chi connectivity index (χ3v) is 8.60. The molecule has 0 bridgehead atoms. The van der Waals surface area contributed by atoms with Crippen molar-refractivity contribution in [3.05, 3.63) is 67.0 Å². The van der Waals surface area contributed by atoms with Crippen LogP contribution in [0.4, 0.5) is 0 Å². The monoisotopic (exact) mass is 572 g/mol. The van der Waals surface area contributed by atoms with Gasteiger partial charge in [-0.3, -0.25) is 4.79 Å². The van der Waals surface area contributed by atoms with E-state index in [2.05, 4.69) is 79.0 Å². The van der Waals surface area contributed by atoms with Crippen LogP contribution in [0.25, 0.3) is 6.08 Å². The van der Waals surface area contributed by atoms with E-state index in [0.29, 0.717) is 5.56 Å². The maximum Gasteiger partial charge on any atom is 0.187 e. The standard InChI is InChI=1S/C22H23Br3OS/c1-2-3-4-5-6-15-27-17-10-7-16(8-11-17)9-14-20(26)18-12-13-19(23)22(25)21(18)24/h7-14H,2-6,15H2,1H3. The highest BCUT2D eigenvalue weighted by molar-refractivity contribution is 9.14. The van der Waals surface area contributed by atoms with Crippen molar-refractivity contribution in [3.63, 3.8) is 0 Å². The molecule has 0 aliphatic heterocycles. The number of allylic oxidation sites excluding steroid dienone is 1. The molecule has 5 heteroatoms. The van der Waals surface area contributed by atoms with E-state index in [9.17, 15) is 4.79 Å². The topological polar surface area (TPSA) is 17.1 Å². The third kappa shape index (κ3) is 7.52. The fourth-order valence-corrected chi connectivity index (χ4v) is 4.94. The molecule has 0 heterocycles. The van der Waals surface area contributed by atoms with Crippen molar-refractivity contribution in [3.8, 4) is 0 Å². The molecule has 0 unspecified atom stereocenters. The van der Waals surface area contributed by atoms with E-state index in [1.807, 2.05) is 30.0 Å². The first-order valence-corrected chi connectivity index (χ1v) is 12.5. The van der Waals surface area contributed by atoms with Gasteiger partial charge in [-0.2, -0.15) is 0 Å². The van der Waals surface area contributed by atoms with E-state index in [1.165, 1.54) is 42.8 Å². The molecule has 2 rings (SSSR count). The van der Waals surface area contributed by atoms with Crippen LogP contribution >= 0.6 is 59.6 Å². The molecule has 144 valence electrons. The van der Waals surface area contributed by atoms with Crippen LogP contribution < -0.4 is 0 Å². The molecule has 0 saturated heterocycles. The first-order chi connectivity index (χ1) is 13.0. The fraction of sp³-hybridized carbons (Fsp3) is 0.318. The van der Waals surface area contributed by atoms with Crippen molar-refractivity contribution in [1.82, 2.24) is 0 Å². The van der Waals surface area contributed by atoms with Crippen molar-refractivity contribution < 1.29 is 4.79 Å². The number of rotatable bonds is 10. The summed E-state index contributed by atoms with van der Waals surface area (Å²) in [4.78, 5) is 13.7. The van der Waals surface area contributed by atoms with Crippen LogP contribution in [0.5, 0.6) is 0 Å². The van der Waals surface area contributed by atoms with E-state index < -0.39 is 0 Å². The van der Waals surface area contributed by atoms with Crippen LogP contribution in [-0.2, 0) is 0 Å². The molecule has 2 aromatic rings. The summed E-state index contributed by atoms with van der Waals surface area (Å²) in [5, 5.41) is 0. The van der Waals surface area contributed by atoms with Gasteiger partial charge in [0, 0.05) is 23.9 Å². The van der Waals surface area contributed by atoms with Crippen LogP contribution in [0.15, 0.2) is 60.8 Å². The van der Waals surface area contributed by atoms with Crippen LogP contribution in [0.2, 0.25) is 0 Å². The minimum Gasteiger partial charge on any atom is -0.289 e. The van der Waals surface area contributed by atoms with Crippen molar-refractivity contribution in [2.24, 2.45) is 0 Å². The normalized spacial score (nSPS) is 11.3. The third-order valence-electron chi connectivity index (χ3n) is 4.12. The highest BCUT2D eigenvalue weighted by Gasteiger charge is 2.12. The van der Waals surface area contributed by atoms with E-state index >= 15 is 0 Å². The summed E-state index contributed by atoms with van der Waals surface area (Å²) in [5.41, 5.74) is 1.67.